The van der Waals surface area contributed by atoms with Crippen molar-refractivity contribution in [2.45, 2.75) is 13.3 Å². The van der Waals surface area contributed by atoms with Crippen LogP contribution in [0.4, 0.5) is 0 Å². The number of hydrogen-bond acceptors (Lipinski definition) is 3. The third-order valence-corrected chi connectivity index (χ3v) is 2.77. The summed E-state index contributed by atoms with van der Waals surface area (Å²) in [6.07, 6.45) is 0.447. The highest BCUT2D eigenvalue weighted by Gasteiger charge is 2.19. The van der Waals surface area contributed by atoms with Gasteiger partial charge < -0.3 is 9.52 Å². The SMILES string of the molecule is CCc1oc(-c2cc(Cl)cc(Cl)c2)nc1C(=O)O. The fourth-order valence-corrected chi connectivity index (χ4v) is 2.09. The number of aromatic nitrogens is 1. The average molecular weight is 286 g/mol. The molecule has 18 heavy (non-hydrogen) atoms. The summed E-state index contributed by atoms with van der Waals surface area (Å²) < 4.78 is 5.41. The zero-order chi connectivity index (χ0) is 13.3. The Labute approximate surface area is 113 Å². The summed E-state index contributed by atoms with van der Waals surface area (Å²) in [7, 11) is 0. The van der Waals surface area contributed by atoms with Crippen LogP contribution < -0.4 is 0 Å². The first-order chi connectivity index (χ1) is 8.51. The first kappa shape index (κ1) is 12.9. The van der Waals surface area contributed by atoms with Crippen molar-refractivity contribution in [3.05, 3.63) is 39.7 Å². The van der Waals surface area contributed by atoms with Gasteiger partial charge in [-0.05, 0) is 18.2 Å². The minimum atomic E-state index is -1.12. The smallest absolute Gasteiger partial charge is 0.358 e. The van der Waals surface area contributed by atoms with Gasteiger partial charge in [0.05, 0.1) is 0 Å². The van der Waals surface area contributed by atoms with E-state index in [1.54, 1.807) is 25.1 Å². The first-order valence-electron chi connectivity index (χ1n) is 5.20. The number of carboxylic acids is 1. The molecule has 0 unspecified atom stereocenters. The molecule has 1 heterocycles. The van der Waals surface area contributed by atoms with E-state index in [1.807, 2.05) is 0 Å². The standard InChI is InChI=1S/C12H9Cl2NO3/c1-2-9-10(12(16)17)15-11(18-9)6-3-7(13)5-8(14)4-6/h3-5H,2H2,1H3,(H,16,17). The number of carboxylic acid groups (broad SMARTS) is 1. The Morgan fingerprint density at radius 2 is 1.94 bits per heavy atom. The Balaban J connectivity index is 2.54. The van der Waals surface area contributed by atoms with Gasteiger partial charge in [0.25, 0.3) is 0 Å². The Kier molecular flexibility index (Phi) is 3.59. The largest absolute Gasteiger partial charge is 0.476 e. The monoisotopic (exact) mass is 285 g/mol. The Morgan fingerprint density at radius 1 is 1.33 bits per heavy atom. The number of aromatic carboxylic acids is 1. The average Bonchev–Trinajstić information content (AvgIpc) is 2.71. The van der Waals surface area contributed by atoms with Gasteiger partial charge in [0.1, 0.15) is 5.76 Å². The number of nitrogens with zero attached hydrogens (tertiary/aromatic N) is 1. The highest BCUT2D eigenvalue weighted by Crippen LogP contribution is 2.28. The van der Waals surface area contributed by atoms with Crippen molar-refractivity contribution in [3.8, 4) is 11.5 Å². The second kappa shape index (κ2) is 5.00. The molecular weight excluding hydrogens is 277 g/mol. The van der Waals surface area contributed by atoms with Gasteiger partial charge in [-0.1, -0.05) is 30.1 Å². The van der Waals surface area contributed by atoms with Gasteiger partial charge in [0.2, 0.25) is 5.89 Å². The molecule has 0 radical (unpaired) electrons. The molecule has 0 bridgehead atoms. The molecule has 0 aliphatic carbocycles. The number of hydrogen-bond donors (Lipinski definition) is 1. The van der Waals surface area contributed by atoms with Crippen LogP contribution in [-0.4, -0.2) is 16.1 Å². The van der Waals surface area contributed by atoms with Gasteiger partial charge in [0, 0.05) is 22.0 Å². The van der Waals surface area contributed by atoms with E-state index in [1.165, 1.54) is 0 Å². The normalized spacial score (nSPS) is 10.6. The molecule has 0 aliphatic heterocycles. The topological polar surface area (TPSA) is 63.3 Å². The van der Waals surface area contributed by atoms with Crippen LogP contribution in [0.5, 0.6) is 0 Å². The molecule has 0 amide bonds. The summed E-state index contributed by atoms with van der Waals surface area (Å²) in [5.41, 5.74) is 0.471. The summed E-state index contributed by atoms with van der Waals surface area (Å²) in [6, 6.07) is 4.81. The number of benzene rings is 1. The number of halogens is 2. The molecule has 94 valence electrons. The fraction of sp³-hybridized carbons (Fsp3) is 0.167. The Hall–Kier alpha value is -1.52. The van der Waals surface area contributed by atoms with Crippen LogP contribution >= 0.6 is 23.2 Å². The molecule has 6 heteroatoms. The predicted molar refractivity (Wildman–Crippen MR) is 68.3 cm³/mol. The Bertz CT molecular complexity index is 587. The molecule has 2 aromatic rings. The van der Waals surface area contributed by atoms with E-state index in [2.05, 4.69) is 4.98 Å². The maximum absolute atomic E-state index is 11.0. The minimum absolute atomic E-state index is 0.0800. The Morgan fingerprint density at radius 3 is 2.39 bits per heavy atom. The number of carbonyl (C=O) groups is 1. The molecule has 0 spiro atoms. The second-order valence-electron chi connectivity index (χ2n) is 3.61. The lowest BCUT2D eigenvalue weighted by Gasteiger charge is -1.98. The molecule has 0 aliphatic rings. The third kappa shape index (κ3) is 2.49. The molecule has 0 fully saturated rings. The third-order valence-electron chi connectivity index (χ3n) is 2.33. The lowest BCUT2D eigenvalue weighted by Crippen LogP contribution is -2.00. The zero-order valence-corrected chi connectivity index (χ0v) is 10.9. The highest BCUT2D eigenvalue weighted by atomic mass is 35.5. The van der Waals surface area contributed by atoms with Crippen LogP contribution in [0.25, 0.3) is 11.5 Å². The van der Waals surface area contributed by atoms with E-state index < -0.39 is 5.97 Å². The van der Waals surface area contributed by atoms with E-state index in [4.69, 9.17) is 32.7 Å². The molecule has 1 N–H and O–H groups in total. The maximum Gasteiger partial charge on any atom is 0.358 e. The first-order valence-corrected chi connectivity index (χ1v) is 5.96. The number of rotatable bonds is 3. The van der Waals surface area contributed by atoms with Crippen molar-refractivity contribution in [2.24, 2.45) is 0 Å². The van der Waals surface area contributed by atoms with Crippen molar-refractivity contribution in [2.75, 3.05) is 0 Å². The maximum atomic E-state index is 11.0. The van der Waals surface area contributed by atoms with Gasteiger partial charge in [-0.25, -0.2) is 9.78 Å². The van der Waals surface area contributed by atoms with E-state index in [-0.39, 0.29) is 11.6 Å². The van der Waals surface area contributed by atoms with Crippen LogP contribution in [0, 0.1) is 0 Å². The fourth-order valence-electron chi connectivity index (χ4n) is 1.56. The van der Waals surface area contributed by atoms with Gasteiger partial charge in [-0.2, -0.15) is 0 Å². The predicted octanol–water partition coefficient (Wildman–Crippen LogP) is 3.91. The lowest BCUT2D eigenvalue weighted by molar-refractivity contribution is 0.0689. The van der Waals surface area contributed by atoms with Crippen molar-refractivity contribution in [3.63, 3.8) is 0 Å². The molecule has 0 saturated heterocycles. The van der Waals surface area contributed by atoms with Crippen LogP contribution in [0.3, 0.4) is 0 Å². The number of oxazole rings is 1. The summed E-state index contributed by atoms with van der Waals surface area (Å²) >= 11 is 11.7. The lowest BCUT2D eigenvalue weighted by atomic mass is 10.2. The molecule has 2 rings (SSSR count). The van der Waals surface area contributed by atoms with Crippen LogP contribution in [-0.2, 0) is 6.42 Å². The highest BCUT2D eigenvalue weighted by molar-refractivity contribution is 6.35. The molecule has 0 saturated carbocycles. The van der Waals surface area contributed by atoms with Crippen LogP contribution in [0.15, 0.2) is 22.6 Å². The zero-order valence-electron chi connectivity index (χ0n) is 9.41. The molecule has 4 nitrogen and oxygen atoms in total. The minimum Gasteiger partial charge on any atom is -0.476 e. The number of aryl methyl sites for hydroxylation is 1. The van der Waals surface area contributed by atoms with E-state index >= 15 is 0 Å². The summed E-state index contributed by atoms with van der Waals surface area (Å²) in [4.78, 5) is 14.9. The van der Waals surface area contributed by atoms with E-state index in [0.29, 0.717) is 27.8 Å². The summed E-state index contributed by atoms with van der Waals surface area (Å²) in [5, 5.41) is 9.86. The van der Waals surface area contributed by atoms with Crippen LogP contribution in [0.2, 0.25) is 10.0 Å². The quantitative estimate of drug-likeness (QED) is 0.929. The van der Waals surface area contributed by atoms with Crippen LogP contribution in [0.1, 0.15) is 23.2 Å². The summed E-state index contributed by atoms with van der Waals surface area (Å²) in [5.74, 6) is -0.586. The summed E-state index contributed by atoms with van der Waals surface area (Å²) in [6.45, 7) is 1.79. The van der Waals surface area contributed by atoms with Gasteiger partial charge >= 0.3 is 5.97 Å². The molecule has 1 aromatic heterocycles. The van der Waals surface area contributed by atoms with Crippen molar-refractivity contribution < 1.29 is 14.3 Å². The van der Waals surface area contributed by atoms with Gasteiger partial charge in [-0.15, -0.1) is 0 Å². The molecule has 1 aromatic carbocycles. The van der Waals surface area contributed by atoms with Crippen molar-refractivity contribution in [1.29, 1.82) is 0 Å². The second-order valence-corrected chi connectivity index (χ2v) is 4.48. The molecular formula is C12H9Cl2NO3. The van der Waals surface area contributed by atoms with Gasteiger partial charge in [-0.3, -0.25) is 0 Å². The van der Waals surface area contributed by atoms with Crippen molar-refractivity contribution >= 4 is 29.2 Å². The van der Waals surface area contributed by atoms with E-state index in [0.717, 1.165) is 0 Å². The van der Waals surface area contributed by atoms with Crippen molar-refractivity contribution in [1.82, 2.24) is 4.98 Å². The molecule has 0 atom stereocenters. The van der Waals surface area contributed by atoms with Gasteiger partial charge in [0.15, 0.2) is 5.69 Å². The van der Waals surface area contributed by atoms with E-state index in [9.17, 15) is 4.79 Å².